The van der Waals surface area contributed by atoms with Crippen molar-refractivity contribution in [3.63, 3.8) is 0 Å². The van der Waals surface area contributed by atoms with Crippen LogP contribution in [0, 0.1) is 12.8 Å². The molecule has 0 fully saturated rings. The zero-order chi connectivity index (χ0) is 12.8. The SMILES string of the molecule is CCCNCC(Oc1cc(C)nn1C)C(C)C. The van der Waals surface area contributed by atoms with Crippen molar-refractivity contribution in [2.45, 2.75) is 40.2 Å². The van der Waals surface area contributed by atoms with Crippen molar-refractivity contribution >= 4 is 0 Å². The molecule has 1 aromatic heterocycles. The van der Waals surface area contributed by atoms with E-state index in [1.54, 1.807) is 4.68 Å². The molecule has 4 heteroatoms. The predicted octanol–water partition coefficient (Wildman–Crippen LogP) is 2.13. The summed E-state index contributed by atoms with van der Waals surface area (Å²) in [6.07, 6.45) is 1.34. The molecule has 0 saturated heterocycles. The third kappa shape index (κ3) is 4.38. The molecule has 1 atom stereocenters. The Morgan fingerprint density at radius 1 is 1.47 bits per heavy atom. The number of ether oxygens (including phenoxy) is 1. The van der Waals surface area contributed by atoms with Crippen LogP contribution in [0.2, 0.25) is 0 Å². The average molecular weight is 239 g/mol. The number of rotatable bonds is 7. The van der Waals surface area contributed by atoms with Crippen LogP contribution < -0.4 is 10.1 Å². The molecule has 0 aromatic carbocycles. The smallest absolute Gasteiger partial charge is 0.212 e. The summed E-state index contributed by atoms with van der Waals surface area (Å²) in [6.45, 7) is 10.4. The van der Waals surface area contributed by atoms with Crippen LogP contribution in [0.1, 0.15) is 32.9 Å². The van der Waals surface area contributed by atoms with Gasteiger partial charge in [0.2, 0.25) is 5.88 Å². The number of hydrogen-bond acceptors (Lipinski definition) is 3. The highest BCUT2D eigenvalue weighted by Gasteiger charge is 2.16. The molecule has 0 aliphatic rings. The third-order valence-electron chi connectivity index (χ3n) is 2.75. The Bertz CT molecular complexity index is 333. The molecule has 0 amide bonds. The fraction of sp³-hybridized carbons (Fsp3) is 0.769. The minimum absolute atomic E-state index is 0.191. The third-order valence-corrected chi connectivity index (χ3v) is 2.75. The fourth-order valence-corrected chi connectivity index (χ4v) is 1.69. The molecule has 0 bridgehead atoms. The minimum atomic E-state index is 0.191. The summed E-state index contributed by atoms with van der Waals surface area (Å²) in [5.41, 5.74) is 0.992. The summed E-state index contributed by atoms with van der Waals surface area (Å²) >= 11 is 0. The van der Waals surface area contributed by atoms with Gasteiger partial charge < -0.3 is 10.1 Å². The molecule has 17 heavy (non-hydrogen) atoms. The van der Waals surface area contributed by atoms with E-state index >= 15 is 0 Å². The van der Waals surface area contributed by atoms with Crippen molar-refractivity contribution in [3.8, 4) is 5.88 Å². The van der Waals surface area contributed by atoms with Gasteiger partial charge in [0, 0.05) is 19.7 Å². The van der Waals surface area contributed by atoms with Gasteiger partial charge >= 0.3 is 0 Å². The second-order valence-electron chi connectivity index (χ2n) is 4.85. The lowest BCUT2D eigenvalue weighted by Crippen LogP contribution is -2.36. The Labute approximate surface area is 104 Å². The van der Waals surface area contributed by atoms with Gasteiger partial charge in [-0.05, 0) is 25.8 Å². The number of aryl methyl sites for hydroxylation is 2. The zero-order valence-corrected chi connectivity index (χ0v) is 11.7. The van der Waals surface area contributed by atoms with Gasteiger partial charge in [0.25, 0.3) is 0 Å². The summed E-state index contributed by atoms with van der Waals surface area (Å²) in [5.74, 6) is 1.33. The summed E-state index contributed by atoms with van der Waals surface area (Å²) in [6, 6.07) is 1.98. The van der Waals surface area contributed by atoms with E-state index in [1.807, 2.05) is 20.0 Å². The minimum Gasteiger partial charge on any atom is -0.473 e. The lowest BCUT2D eigenvalue weighted by molar-refractivity contribution is 0.136. The Kier molecular flexibility index (Phi) is 5.48. The van der Waals surface area contributed by atoms with Crippen molar-refractivity contribution in [2.24, 2.45) is 13.0 Å². The van der Waals surface area contributed by atoms with Crippen LogP contribution in [-0.2, 0) is 7.05 Å². The molecular formula is C13H25N3O. The van der Waals surface area contributed by atoms with Crippen LogP contribution >= 0.6 is 0 Å². The molecule has 1 unspecified atom stereocenters. The Morgan fingerprint density at radius 3 is 2.65 bits per heavy atom. The quantitative estimate of drug-likeness (QED) is 0.741. The van der Waals surface area contributed by atoms with E-state index in [1.165, 1.54) is 0 Å². The summed E-state index contributed by atoms with van der Waals surface area (Å²) in [5, 5.41) is 7.70. The van der Waals surface area contributed by atoms with Gasteiger partial charge in [-0.1, -0.05) is 20.8 Å². The Balaban J connectivity index is 2.57. The second-order valence-corrected chi connectivity index (χ2v) is 4.85. The predicted molar refractivity (Wildman–Crippen MR) is 70.4 cm³/mol. The number of nitrogens with one attached hydrogen (secondary N) is 1. The molecule has 1 heterocycles. The maximum absolute atomic E-state index is 6.01. The van der Waals surface area contributed by atoms with Crippen LogP contribution in [-0.4, -0.2) is 29.0 Å². The van der Waals surface area contributed by atoms with Gasteiger partial charge in [0.15, 0.2) is 0 Å². The van der Waals surface area contributed by atoms with E-state index in [4.69, 9.17) is 4.74 Å². The Hall–Kier alpha value is -1.03. The number of hydrogen-bond donors (Lipinski definition) is 1. The fourth-order valence-electron chi connectivity index (χ4n) is 1.69. The van der Waals surface area contributed by atoms with Crippen molar-refractivity contribution in [2.75, 3.05) is 13.1 Å². The van der Waals surface area contributed by atoms with Gasteiger partial charge in [0.05, 0.1) is 5.69 Å². The summed E-state index contributed by atoms with van der Waals surface area (Å²) < 4.78 is 7.81. The highest BCUT2D eigenvalue weighted by atomic mass is 16.5. The van der Waals surface area contributed by atoms with Crippen molar-refractivity contribution < 1.29 is 4.74 Å². The maximum Gasteiger partial charge on any atom is 0.212 e. The van der Waals surface area contributed by atoms with Crippen LogP contribution in [0.25, 0.3) is 0 Å². The molecule has 1 aromatic rings. The molecular weight excluding hydrogens is 214 g/mol. The van der Waals surface area contributed by atoms with Crippen LogP contribution in [0.4, 0.5) is 0 Å². The largest absolute Gasteiger partial charge is 0.473 e. The molecule has 98 valence electrons. The summed E-state index contributed by atoms with van der Waals surface area (Å²) in [7, 11) is 1.92. The lowest BCUT2D eigenvalue weighted by atomic mass is 10.1. The normalized spacial score (nSPS) is 13.1. The van der Waals surface area contributed by atoms with Crippen LogP contribution in [0.15, 0.2) is 6.07 Å². The van der Waals surface area contributed by atoms with Crippen LogP contribution in [0.5, 0.6) is 5.88 Å². The molecule has 1 rings (SSSR count). The van der Waals surface area contributed by atoms with E-state index in [2.05, 4.69) is 31.2 Å². The van der Waals surface area contributed by atoms with Crippen molar-refractivity contribution in [1.29, 1.82) is 0 Å². The highest BCUT2D eigenvalue weighted by molar-refractivity contribution is 5.14. The van der Waals surface area contributed by atoms with E-state index in [-0.39, 0.29) is 6.10 Å². The number of nitrogens with zero attached hydrogens (tertiary/aromatic N) is 2. The van der Waals surface area contributed by atoms with Crippen molar-refractivity contribution in [3.05, 3.63) is 11.8 Å². The maximum atomic E-state index is 6.01. The standard InChI is InChI=1S/C13H25N3O/c1-6-7-14-9-12(10(2)3)17-13-8-11(4)15-16(13)5/h8,10,12,14H,6-7,9H2,1-5H3. The first-order chi connectivity index (χ1) is 8.04. The molecule has 0 spiro atoms. The Morgan fingerprint density at radius 2 is 2.18 bits per heavy atom. The first-order valence-corrected chi connectivity index (χ1v) is 6.42. The van der Waals surface area contributed by atoms with Gasteiger partial charge in [-0.25, -0.2) is 4.68 Å². The molecule has 0 aliphatic carbocycles. The van der Waals surface area contributed by atoms with E-state index in [0.717, 1.165) is 31.1 Å². The van der Waals surface area contributed by atoms with Gasteiger partial charge in [-0.2, -0.15) is 5.10 Å². The van der Waals surface area contributed by atoms with Gasteiger partial charge in [0.1, 0.15) is 6.10 Å². The molecule has 0 saturated carbocycles. The monoisotopic (exact) mass is 239 g/mol. The topological polar surface area (TPSA) is 39.1 Å². The molecule has 1 N–H and O–H groups in total. The van der Waals surface area contributed by atoms with Crippen LogP contribution in [0.3, 0.4) is 0 Å². The van der Waals surface area contributed by atoms with Crippen molar-refractivity contribution in [1.82, 2.24) is 15.1 Å². The highest BCUT2D eigenvalue weighted by Crippen LogP contribution is 2.16. The zero-order valence-electron chi connectivity index (χ0n) is 11.7. The summed E-state index contributed by atoms with van der Waals surface area (Å²) in [4.78, 5) is 0. The van der Waals surface area contributed by atoms with E-state index in [9.17, 15) is 0 Å². The first-order valence-electron chi connectivity index (χ1n) is 6.42. The number of aromatic nitrogens is 2. The molecule has 0 radical (unpaired) electrons. The van der Waals surface area contributed by atoms with Gasteiger partial charge in [-0.3, -0.25) is 0 Å². The lowest BCUT2D eigenvalue weighted by Gasteiger charge is -2.22. The molecule has 0 aliphatic heterocycles. The van der Waals surface area contributed by atoms with E-state index in [0.29, 0.717) is 5.92 Å². The molecule has 4 nitrogen and oxygen atoms in total. The van der Waals surface area contributed by atoms with E-state index < -0.39 is 0 Å². The average Bonchev–Trinajstić information content (AvgIpc) is 2.56. The van der Waals surface area contributed by atoms with Gasteiger partial charge in [-0.15, -0.1) is 0 Å². The first kappa shape index (κ1) is 14.0. The second kappa shape index (κ2) is 6.64.